The van der Waals surface area contributed by atoms with Gasteiger partial charge in [0.15, 0.2) is 0 Å². The van der Waals surface area contributed by atoms with Crippen molar-refractivity contribution in [2.45, 2.75) is 27.1 Å². The average Bonchev–Trinajstić information content (AvgIpc) is 3.14. The maximum absolute atomic E-state index is 12.6. The Kier molecular flexibility index (Phi) is 5.07. The summed E-state index contributed by atoms with van der Waals surface area (Å²) >= 11 is 0. The number of hydrogen-bond acceptors (Lipinski definition) is 5. The third-order valence-corrected chi connectivity index (χ3v) is 5.60. The Morgan fingerprint density at radius 3 is 2.50 bits per heavy atom. The molecule has 1 saturated heterocycles. The molecule has 2 aliphatic rings. The molecule has 0 bridgehead atoms. The number of carbonyl (C=O) groups is 3. The van der Waals surface area contributed by atoms with E-state index >= 15 is 0 Å². The SMILES string of the molecule is Cc1ccc(N2CCN3C(=O)C(=O)[N+](CC(=O)Nc4cccc(C)c4C)=NC32)cc1. The Morgan fingerprint density at radius 2 is 1.77 bits per heavy atom. The lowest BCUT2D eigenvalue weighted by Gasteiger charge is -2.27. The number of anilines is 2. The Balaban J connectivity index is 1.56. The van der Waals surface area contributed by atoms with Gasteiger partial charge in [-0.05, 0) is 54.8 Å². The number of aryl methyl sites for hydroxylation is 2. The zero-order chi connectivity index (χ0) is 21.4. The molecule has 2 heterocycles. The minimum absolute atomic E-state index is 0.315. The second-order valence-corrected chi connectivity index (χ2v) is 7.65. The molecule has 1 atom stereocenters. The number of hydrogen-bond donors (Lipinski definition) is 1. The van der Waals surface area contributed by atoms with Gasteiger partial charge in [0.2, 0.25) is 0 Å². The number of azo groups is 2. The van der Waals surface area contributed by atoms with E-state index in [4.69, 9.17) is 0 Å². The van der Waals surface area contributed by atoms with Crippen LogP contribution in [-0.4, -0.2) is 53.2 Å². The first-order valence-electron chi connectivity index (χ1n) is 9.88. The summed E-state index contributed by atoms with van der Waals surface area (Å²) in [5, 5.41) is 7.24. The van der Waals surface area contributed by atoms with Crippen molar-refractivity contribution in [2.75, 3.05) is 29.9 Å². The van der Waals surface area contributed by atoms with Crippen LogP contribution in [0.15, 0.2) is 47.6 Å². The number of carbonyl (C=O) groups excluding carboxylic acids is 3. The molecule has 1 fully saturated rings. The van der Waals surface area contributed by atoms with Crippen LogP contribution in [0.1, 0.15) is 16.7 Å². The van der Waals surface area contributed by atoms with Crippen molar-refractivity contribution in [1.82, 2.24) is 4.90 Å². The summed E-state index contributed by atoms with van der Waals surface area (Å²) in [4.78, 5) is 41.1. The van der Waals surface area contributed by atoms with Crippen LogP contribution in [0.25, 0.3) is 0 Å². The Hall–Kier alpha value is -3.55. The summed E-state index contributed by atoms with van der Waals surface area (Å²) in [7, 11) is 0. The van der Waals surface area contributed by atoms with E-state index in [0.29, 0.717) is 18.8 Å². The van der Waals surface area contributed by atoms with Crippen molar-refractivity contribution in [3.63, 3.8) is 0 Å². The van der Waals surface area contributed by atoms with Gasteiger partial charge < -0.3 is 10.2 Å². The van der Waals surface area contributed by atoms with Crippen LogP contribution in [0.3, 0.4) is 0 Å². The van der Waals surface area contributed by atoms with E-state index in [2.05, 4.69) is 10.4 Å². The zero-order valence-corrected chi connectivity index (χ0v) is 17.3. The highest BCUT2D eigenvalue weighted by atomic mass is 16.2. The van der Waals surface area contributed by atoms with Crippen LogP contribution in [0, 0.1) is 20.8 Å². The second kappa shape index (κ2) is 7.70. The first-order chi connectivity index (χ1) is 14.3. The van der Waals surface area contributed by atoms with E-state index in [1.54, 1.807) is 6.07 Å². The molecule has 0 aliphatic carbocycles. The van der Waals surface area contributed by atoms with E-state index in [0.717, 1.165) is 27.1 Å². The largest absolute Gasteiger partial charge is 0.502 e. The lowest BCUT2D eigenvalue weighted by molar-refractivity contribution is -0.509. The molecular formula is C22H24N5O3+. The summed E-state index contributed by atoms with van der Waals surface area (Å²) in [6.45, 7) is 6.55. The lowest BCUT2D eigenvalue weighted by atomic mass is 10.1. The Labute approximate surface area is 174 Å². The van der Waals surface area contributed by atoms with Crippen molar-refractivity contribution in [1.29, 1.82) is 0 Å². The summed E-state index contributed by atoms with van der Waals surface area (Å²) < 4.78 is 0.983. The van der Waals surface area contributed by atoms with Crippen molar-refractivity contribution in [3.8, 4) is 0 Å². The molecular weight excluding hydrogens is 382 g/mol. The molecule has 0 aromatic heterocycles. The lowest BCUT2D eigenvalue weighted by Crippen LogP contribution is -2.52. The first kappa shape index (κ1) is 19.8. The predicted molar refractivity (Wildman–Crippen MR) is 111 cm³/mol. The van der Waals surface area contributed by atoms with Crippen LogP contribution in [0.5, 0.6) is 0 Å². The molecule has 8 nitrogen and oxygen atoms in total. The van der Waals surface area contributed by atoms with Gasteiger partial charge in [-0.1, -0.05) is 29.8 Å². The van der Waals surface area contributed by atoms with E-state index in [-0.39, 0.29) is 6.54 Å². The van der Waals surface area contributed by atoms with Crippen LogP contribution in [0.2, 0.25) is 0 Å². The molecule has 4 rings (SSSR count). The molecule has 0 saturated carbocycles. The van der Waals surface area contributed by atoms with Crippen LogP contribution >= 0.6 is 0 Å². The molecule has 0 radical (unpaired) electrons. The minimum Gasteiger partial charge on any atom is -0.326 e. The molecule has 154 valence electrons. The molecule has 30 heavy (non-hydrogen) atoms. The number of nitrogens with zero attached hydrogens (tertiary/aromatic N) is 4. The van der Waals surface area contributed by atoms with Crippen molar-refractivity contribution < 1.29 is 19.1 Å². The highest BCUT2D eigenvalue weighted by Crippen LogP contribution is 2.27. The topological polar surface area (TPSA) is 85.1 Å². The van der Waals surface area contributed by atoms with Crippen molar-refractivity contribution in [3.05, 3.63) is 59.2 Å². The molecule has 1 unspecified atom stereocenters. The molecule has 8 heteroatoms. The number of fused-ring (bicyclic) bond motifs is 1. The highest BCUT2D eigenvalue weighted by molar-refractivity contribution is 6.32. The van der Waals surface area contributed by atoms with E-state index in [1.165, 1.54) is 4.90 Å². The third kappa shape index (κ3) is 3.56. The zero-order valence-electron chi connectivity index (χ0n) is 17.3. The molecule has 2 aliphatic heterocycles. The van der Waals surface area contributed by atoms with Gasteiger partial charge in [0.1, 0.15) is 0 Å². The average molecular weight is 406 g/mol. The van der Waals surface area contributed by atoms with Gasteiger partial charge in [-0.15, -0.1) is 0 Å². The van der Waals surface area contributed by atoms with Crippen LogP contribution in [-0.2, 0) is 14.4 Å². The van der Waals surface area contributed by atoms with Crippen molar-refractivity contribution >= 4 is 29.1 Å². The maximum atomic E-state index is 12.6. The third-order valence-electron chi connectivity index (χ3n) is 5.60. The molecule has 1 N–H and O–H groups in total. The van der Waals surface area contributed by atoms with Crippen LogP contribution in [0.4, 0.5) is 11.4 Å². The fraction of sp³-hybridized carbons (Fsp3) is 0.318. The molecule has 2 aromatic rings. The molecule has 2 aromatic carbocycles. The fourth-order valence-corrected chi connectivity index (χ4v) is 3.68. The summed E-state index contributed by atoms with van der Waals surface area (Å²) in [5.41, 5.74) is 4.73. The van der Waals surface area contributed by atoms with Gasteiger partial charge in [-0.3, -0.25) is 14.5 Å². The van der Waals surface area contributed by atoms with E-state index in [9.17, 15) is 14.4 Å². The van der Waals surface area contributed by atoms with Gasteiger partial charge >= 0.3 is 11.8 Å². The number of benzene rings is 2. The Bertz CT molecular complexity index is 1060. The van der Waals surface area contributed by atoms with Gasteiger partial charge in [0.05, 0.1) is 0 Å². The maximum Gasteiger partial charge on any atom is 0.502 e. The van der Waals surface area contributed by atoms with Gasteiger partial charge in [-0.2, -0.15) is 0 Å². The normalized spacial score (nSPS) is 18.4. The van der Waals surface area contributed by atoms with E-state index < -0.39 is 24.0 Å². The first-order valence-corrected chi connectivity index (χ1v) is 9.88. The highest BCUT2D eigenvalue weighted by Gasteiger charge is 2.49. The quantitative estimate of drug-likeness (QED) is 0.623. The number of nitrogens with one attached hydrogen (secondary N) is 1. The van der Waals surface area contributed by atoms with Gasteiger partial charge in [0.25, 0.3) is 18.7 Å². The summed E-state index contributed by atoms with van der Waals surface area (Å²) in [6.07, 6.45) is -0.633. The second-order valence-electron chi connectivity index (χ2n) is 7.65. The minimum atomic E-state index is -0.784. The van der Waals surface area contributed by atoms with E-state index in [1.807, 2.05) is 62.1 Å². The summed E-state index contributed by atoms with van der Waals surface area (Å²) in [6, 6.07) is 13.5. The predicted octanol–water partition coefficient (Wildman–Crippen LogP) is 2.19. The molecule has 3 amide bonds. The van der Waals surface area contributed by atoms with Gasteiger partial charge in [0, 0.05) is 29.6 Å². The summed E-state index contributed by atoms with van der Waals surface area (Å²) in [5.74, 6) is -1.82. The fourth-order valence-electron chi connectivity index (χ4n) is 3.68. The van der Waals surface area contributed by atoms with Gasteiger partial charge in [-0.25, -0.2) is 4.79 Å². The monoisotopic (exact) mass is 406 g/mol. The number of amides is 3. The molecule has 0 spiro atoms. The number of rotatable bonds is 4. The van der Waals surface area contributed by atoms with Crippen LogP contribution < -0.4 is 10.2 Å². The standard InChI is InChI=1S/C22H23N5O3/c1-14-7-9-17(10-8-14)25-11-12-26-20(29)21(30)27(24-22(25)26)13-19(28)23-18-6-4-5-15(2)16(18)3/h4-10,22H,11-13H2,1-3H3/p+1. The smallest absolute Gasteiger partial charge is 0.326 e. The Morgan fingerprint density at radius 1 is 1.07 bits per heavy atom. The van der Waals surface area contributed by atoms with Crippen molar-refractivity contribution in [2.24, 2.45) is 5.11 Å².